The fourth-order valence-corrected chi connectivity index (χ4v) is 5.60. The van der Waals surface area contributed by atoms with Crippen LogP contribution in [-0.2, 0) is 4.74 Å². The fourth-order valence-electron chi connectivity index (χ4n) is 4.57. The van der Waals surface area contributed by atoms with Crippen LogP contribution in [-0.4, -0.2) is 64.3 Å². The van der Waals surface area contributed by atoms with Crippen LogP contribution in [0.25, 0.3) is 20.3 Å². The molecular formula is C21H24N4O3S. The van der Waals surface area contributed by atoms with Gasteiger partial charge in [-0.2, -0.15) is 0 Å². The van der Waals surface area contributed by atoms with E-state index in [2.05, 4.69) is 20.2 Å². The molecule has 1 aliphatic heterocycles. The van der Waals surface area contributed by atoms with Crippen molar-refractivity contribution >= 4 is 43.4 Å². The van der Waals surface area contributed by atoms with Crippen molar-refractivity contribution in [2.75, 3.05) is 31.6 Å². The second-order valence-electron chi connectivity index (χ2n) is 7.82. The minimum Gasteiger partial charge on any atom is -0.478 e. The number of thiophene rings is 1. The third-order valence-electron chi connectivity index (χ3n) is 6.11. The molecule has 0 bridgehead atoms. The lowest BCUT2D eigenvalue weighted by molar-refractivity contribution is 0.00791. The van der Waals surface area contributed by atoms with E-state index in [4.69, 9.17) is 4.74 Å². The Balaban J connectivity index is 1.37. The molecule has 1 saturated heterocycles. The molecule has 2 fully saturated rings. The Bertz CT molecular complexity index is 1040. The van der Waals surface area contributed by atoms with Crippen molar-refractivity contribution < 1.29 is 14.6 Å². The van der Waals surface area contributed by atoms with Gasteiger partial charge in [-0.05, 0) is 43.9 Å². The first kappa shape index (κ1) is 18.7. The van der Waals surface area contributed by atoms with Crippen LogP contribution in [0.5, 0.6) is 0 Å². The highest BCUT2D eigenvalue weighted by atomic mass is 32.1. The highest BCUT2D eigenvalue weighted by Gasteiger charge is 2.27. The molecular weight excluding hydrogens is 388 g/mol. The molecule has 2 N–H and O–H groups in total. The molecule has 0 atom stereocenters. The number of anilines is 1. The van der Waals surface area contributed by atoms with Gasteiger partial charge in [-0.3, -0.25) is 4.90 Å². The van der Waals surface area contributed by atoms with E-state index < -0.39 is 5.97 Å². The highest BCUT2D eigenvalue weighted by molar-refractivity contribution is 7.25. The molecule has 0 radical (unpaired) electrons. The lowest BCUT2D eigenvalue weighted by atomic mass is 9.90. The lowest BCUT2D eigenvalue weighted by Gasteiger charge is -2.39. The summed E-state index contributed by atoms with van der Waals surface area (Å²) in [5.41, 5.74) is 0.290. The normalized spacial score (nSPS) is 23.4. The maximum atomic E-state index is 11.4. The largest absolute Gasteiger partial charge is 0.478 e. The summed E-state index contributed by atoms with van der Waals surface area (Å²) in [6.45, 7) is 3.78. The molecule has 1 aromatic carbocycles. The summed E-state index contributed by atoms with van der Waals surface area (Å²) in [6.07, 6.45) is 6.17. The van der Waals surface area contributed by atoms with Crippen molar-refractivity contribution in [3.8, 4) is 0 Å². The summed E-state index contributed by atoms with van der Waals surface area (Å²) in [5.74, 6) is -0.0994. The molecule has 5 rings (SSSR count). The van der Waals surface area contributed by atoms with E-state index in [9.17, 15) is 9.90 Å². The number of hydrogen-bond donors (Lipinski definition) is 2. The number of hydrogen-bond acceptors (Lipinski definition) is 7. The zero-order valence-electron chi connectivity index (χ0n) is 16.1. The minimum atomic E-state index is -0.918. The second kappa shape index (κ2) is 7.85. The van der Waals surface area contributed by atoms with Gasteiger partial charge < -0.3 is 15.2 Å². The van der Waals surface area contributed by atoms with E-state index >= 15 is 0 Å². The Kier molecular flexibility index (Phi) is 5.07. The average Bonchev–Trinajstić information content (AvgIpc) is 3.13. The second-order valence-corrected chi connectivity index (χ2v) is 8.85. The molecule has 1 saturated carbocycles. The molecule has 0 unspecified atom stereocenters. The molecule has 3 heterocycles. The molecule has 7 nitrogen and oxygen atoms in total. The minimum absolute atomic E-state index is 0.290. The number of carboxylic acids is 1. The summed E-state index contributed by atoms with van der Waals surface area (Å²) in [5, 5.41) is 14.8. The van der Waals surface area contributed by atoms with Gasteiger partial charge in [0, 0.05) is 35.3 Å². The van der Waals surface area contributed by atoms with Crippen molar-refractivity contribution in [3.05, 3.63) is 30.1 Å². The van der Waals surface area contributed by atoms with E-state index in [1.165, 1.54) is 12.8 Å². The number of carbonyl (C=O) groups is 1. The quantitative estimate of drug-likeness (QED) is 0.677. The van der Waals surface area contributed by atoms with Crippen molar-refractivity contribution in [3.63, 3.8) is 0 Å². The zero-order chi connectivity index (χ0) is 19.8. The van der Waals surface area contributed by atoms with Crippen LogP contribution in [0.3, 0.4) is 0 Å². The number of aromatic nitrogens is 2. The SMILES string of the molecule is O=C(O)c1ccc2sc3ncnc(NC4CCC(N5CCOCC5)CC4)c3c2c1. The Labute approximate surface area is 172 Å². The number of nitrogens with zero attached hydrogens (tertiary/aromatic N) is 3. The molecule has 2 aromatic heterocycles. The van der Waals surface area contributed by atoms with Crippen molar-refractivity contribution in [2.24, 2.45) is 0 Å². The predicted octanol–water partition coefficient (Wildman–Crippen LogP) is 3.60. The van der Waals surface area contributed by atoms with Crippen molar-refractivity contribution in [1.29, 1.82) is 0 Å². The van der Waals surface area contributed by atoms with Crippen molar-refractivity contribution in [1.82, 2.24) is 14.9 Å². The topological polar surface area (TPSA) is 87.6 Å². The third-order valence-corrected chi connectivity index (χ3v) is 7.19. The number of carboxylic acid groups (broad SMARTS) is 1. The van der Waals surface area contributed by atoms with Gasteiger partial charge in [0.2, 0.25) is 0 Å². The number of rotatable bonds is 4. The van der Waals surface area contributed by atoms with Gasteiger partial charge in [0.1, 0.15) is 17.0 Å². The molecule has 3 aromatic rings. The summed E-state index contributed by atoms with van der Waals surface area (Å²) >= 11 is 1.57. The monoisotopic (exact) mass is 412 g/mol. The van der Waals surface area contributed by atoms with Crippen molar-refractivity contribution in [2.45, 2.75) is 37.8 Å². The average molecular weight is 413 g/mol. The van der Waals surface area contributed by atoms with Gasteiger partial charge >= 0.3 is 5.97 Å². The Morgan fingerprint density at radius 2 is 1.97 bits per heavy atom. The first-order valence-corrected chi connectivity index (χ1v) is 11.0. The Morgan fingerprint density at radius 3 is 2.72 bits per heavy atom. The summed E-state index contributed by atoms with van der Waals surface area (Å²) in [6, 6.07) is 6.28. The summed E-state index contributed by atoms with van der Waals surface area (Å²) in [4.78, 5) is 23.8. The molecule has 2 aliphatic rings. The molecule has 29 heavy (non-hydrogen) atoms. The lowest BCUT2D eigenvalue weighted by Crippen LogP contribution is -2.46. The smallest absolute Gasteiger partial charge is 0.335 e. The molecule has 0 amide bonds. The van der Waals surface area contributed by atoms with Gasteiger partial charge in [0.05, 0.1) is 24.2 Å². The summed E-state index contributed by atoms with van der Waals surface area (Å²) < 4.78 is 6.51. The van der Waals surface area contributed by atoms with Crippen LogP contribution in [0.15, 0.2) is 24.5 Å². The van der Waals surface area contributed by atoms with Gasteiger partial charge in [0.25, 0.3) is 0 Å². The highest BCUT2D eigenvalue weighted by Crippen LogP contribution is 2.37. The maximum absolute atomic E-state index is 11.4. The Morgan fingerprint density at radius 1 is 1.17 bits per heavy atom. The number of fused-ring (bicyclic) bond motifs is 3. The van der Waals surface area contributed by atoms with Crippen LogP contribution in [0, 0.1) is 0 Å². The zero-order valence-corrected chi connectivity index (χ0v) is 17.0. The van der Waals surface area contributed by atoms with Crippen LogP contribution in [0.2, 0.25) is 0 Å². The number of benzene rings is 1. The number of nitrogens with one attached hydrogen (secondary N) is 1. The van der Waals surface area contributed by atoms with Gasteiger partial charge in [-0.25, -0.2) is 14.8 Å². The molecule has 0 spiro atoms. The van der Waals surface area contributed by atoms with Crippen LogP contribution in [0.4, 0.5) is 5.82 Å². The number of morpholine rings is 1. The molecule has 1 aliphatic carbocycles. The van der Waals surface area contributed by atoms with Crippen LogP contribution < -0.4 is 5.32 Å². The first-order chi connectivity index (χ1) is 14.2. The standard InChI is InChI=1S/C21H24N4O3S/c26-21(27)13-1-6-17-16(11-13)18-19(22-12-23-20(18)29-17)24-14-2-4-15(5-3-14)25-7-9-28-10-8-25/h1,6,11-12,14-15H,2-5,7-10H2,(H,26,27)(H,22,23,24). The molecule has 152 valence electrons. The molecule has 8 heteroatoms. The van der Waals surface area contributed by atoms with Gasteiger partial charge in [-0.15, -0.1) is 11.3 Å². The van der Waals surface area contributed by atoms with Crippen LogP contribution in [0.1, 0.15) is 36.0 Å². The first-order valence-electron chi connectivity index (χ1n) is 10.2. The van der Waals surface area contributed by atoms with E-state index in [-0.39, 0.29) is 5.56 Å². The maximum Gasteiger partial charge on any atom is 0.335 e. The van der Waals surface area contributed by atoms with E-state index in [1.807, 2.05) is 6.07 Å². The number of ether oxygens (including phenoxy) is 1. The Hall–Kier alpha value is -2.29. The number of aromatic carboxylic acids is 1. The van der Waals surface area contributed by atoms with Gasteiger partial charge in [0.15, 0.2) is 0 Å². The van der Waals surface area contributed by atoms with Gasteiger partial charge in [-0.1, -0.05) is 0 Å². The fraction of sp³-hybridized carbons (Fsp3) is 0.476. The van der Waals surface area contributed by atoms with Crippen LogP contribution >= 0.6 is 11.3 Å². The third kappa shape index (κ3) is 3.68. The van der Waals surface area contributed by atoms with E-state index in [1.54, 1.807) is 29.8 Å². The van der Waals surface area contributed by atoms with E-state index in [0.717, 1.165) is 65.3 Å². The summed E-state index contributed by atoms with van der Waals surface area (Å²) in [7, 11) is 0. The predicted molar refractivity (Wildman–Crippen MR) is 114 cm³/mol. The van der Waals surface area contributed by atoms with E-state index in [0.29, 0.717) is 12.1 Å².